The Labute approximate surface area is 251 Å². The standard InChI is InChI=1S/C33H16Cl4N2O2/c1-12(2)14-8-18(34)26-29-21(37)11-17-25-16(32-38-22-6-4-5-7-23(22)39(32)33(17)41)10-20(36)28(31(25)29)27-19(35)9-15(13(3)40)24(14)30(26)27/h4-11H,1H2,2-3H3. The van der Waals surface area contributed by atoms with Gasteiger partial charge in [-0.1, -0.05) is 70.7 Å². The van der Waals surface area contributed by atoms with Crippen LogP contribution in [0.4, 0.5) is 0 Å². The van der Waals surface area contributed by atoms with Crippen LogP contribution in [0.15, 0.2) is 59.9 Å². The van der Waals surface area contributed by atoms with E-state index in [-0.39, 0.29) is 11.3 Å². The molecule has 0 fully saturated rings. The van der Waals surface area contributed by atoms with E-state index in [1.807, 2.05) is 43.3 Å². The highest BCUT2D eigenvalue weighted by Crippen LogP contribution is 2.53. The van der Waals surface area contributed by atoms with Gasteiger partial charge in [0.1, 0.15) is 5.65 Å². The van der Waals surface area contributed by atoms with Gasteiger partial charge in [-0.15, -0.1) is 0 Å². The Morgan fingerprint density at radius 1 is 0.707 bits per heavy atom. The molecule has 0 bridgehead atoms. The zero-order valence-electron chi connectivity index (χ0n) is 21.5. The van der Waals surface area contributed by atoms with E-state index in [9.17, 15) is 9.59 Å². The number of imidazole rings is 1. The third-order valence-corrected chi connectivity index (χ3v) is 9.38. The van der Waals surface area contributed by atoms with Gasteiger partial charge < -0.3 is 0 Å². The minimum absolute atomic E-state index is 0.146. The number of halogens is 4. The van der Waals surface area contributed by atoms with Gasteiger partial charge in [-0.2, -0.15) is 0 Å². The summed E-state index contributed by atoms with van der Waals surface area (Å²) in [6.45, 7) is 7.52. The van der Waals surface area contributed by atoms with E-state index in [0.717, 1.165) is 11.1 Å². The van der Waals surface area contributed by atoms with Crippen LogP contribution in [-0.2, 0) is 0 Å². The molecule has 0 unspecified atom stereocenters. The second-order valence-corrected chi connectivity index (χ2v) is 12.2. The lowest BCUT2D eigenvalue weighted by atomic mass is 9.83. The molecule has 0 radical (unpaired) electrons. The van der Waals surface area contributed by atoms with Gasteiger partial charge in [0.2, 0.25) is 0 Å². The first kappa shape index (κ1) is 25.1. The number of pyridine rings is 1. The molecule has 0 N–H and O–H groups in total. The molecule has 2 aromatic heterocycles. The average molecular weight is 614 g/mol. The monoisotopic (exact) mass is 612 g/mol. The van der Waals surface area contributed by atoms with Crippen molar-refractivity contribution >= 4 is 128 Å². The average Bonchev–Trinajstić information content (AvgIpc) is 3.32. The maximum absolute atomic E-state index is 14.1. The Morgan fingerprint density at radius 3 is 1.85 bits per heavy atom. The molecule has 0 atom stereocenters. The van der Waals surface area contributed by atoms with E-state index < -0.39 is 0 Å². The predicted octanol–water partition coefficient (Wildman–Crippen LogP) is 10.3. The predicted molar refractivity (Wildman–Crippen MR) is 174 cm³/mol. The van der Waals surface area contributed by atoms with Crippen molar-refractivity contribution in [2.24, 2.45) is 0 Å². The van der Waals surface area contributed by atoms with E-state index in [1.54, 1.807) is 16.5 Å². The molecule has 41 heavy (non-hydrogen) atoms. The Hall–Kier alpha value is -3.67. The van der Waals surface area contributed by atoms with Crippen molar-refractivity contribution in [3.8, 4) is 0 Å². The maximum Gasteiger partial charge on any atom is 0.264 e. The van der Waals surface area contributed by atoms with Crippen molar-refractivity contribution in [3.05, 3.63) is 96.7 Å². The van der Waals surface area contributed by atoms with Crippen LogP contribution < -0.4 is 5.56 Å². The highest BCUT2D eigenvalue weighted by molar-refractivity contribution is 6.55. The van der Waals surface area contributed by atoms with Crippen molar-refractivity contribution in [1.29, 1.82) is 0 Å². The summed E-state index contributed by atoms with van der Waals surface area (Å²) in [5.41, 5.74) is 3.59. The fourth-order valence-corrected chi connectivity index (χ4v) is 7.80. The van der Waals surface area contributed by atoms with Crippen molar-refractivity contribution in [3.63, 3.8) is 0 Å². The van der Waals surface area contributed by atoms with Crippen molar-refractivity contribution < 1.29 is 4.79 Å². The second-order valence-electron chi connectivity index (χ2n) is 10.5. The number of Topliss-reactive ketones (excluding diaryl/α,β-unsaturated/α-hetero) is 1. The number of aromatic nitrogens is 2. The molecule has 0 aliphatic carbocycles. The van der Waals surface area contributed by atoms with Gasteiger partial charge in [0.15, 0.2) is 5.78 Å². The molecular weight excluding hydrogens is 598 g/mol. The number of rotatable bonds is 2. The minimum Gasteiger partial charge on any atom is -0.294 e. The molecule has 0 saturated carbocycles. The SMILES string of the molecule is C=C(C)c1cc(Cl)c2c3c(Cl)cc4c(=O)n5c6ccccc6nc5c5cc(Cl)c(c6c(Cl)cc(C(C)=O)c1c26)c3c45. The van der Waals surface area contributed by atoms with Crippen molar-refractivity contribution in [2.45, 2.75) is 13.8 Å². The van der Waals surface area contributed by atoms with E-state index in [2.05, 4.69) is 6.58 Å². The van der Waals surface area contributed by atoms with Gasteiger partial charge in [0, 0.05) is 74.1 Å². The number of hydrogen-bond donors (Lipinski definition) is 0. The lowest BCUT2D eigenvalue weighted by Gasteiger charge is -2.22. The van der Waals surface area contributed by atoms with Gasteiger partial charge in [-0.3, -0.25) is 14.0 Å². The maximum atomic E-state index is 14.1. The number of fused-ring (bicyclic) bond motifs is 6. The molecule has 0 amide bonds. The van der Waals surface area contributed by atoms with E-state index in [0.29, 0.717) is 96.2 Å². The third kappa shape index (κ3) is 3.01. The van der Waals surface area contributed by atoms with Crippen LogP contribution in [0.25, 0.3) is 76.1 Å². The summed E-state index contributed by atoms with van der Waals surface area (Å²) in [6.07, 6.45) is 0. The van der Waals surface area contributed by atoms with Crippen molar-refractivity contribution in [1.82, 2.24) is 9.38 Å². The topological polar surface area (TPSA) is 51.4 Å². The summed E-state index contributed by atoms with van der Waals surface area (Å²) < 4.78 is 1.61. The molecule has 0 aliphatic rings. The first-order valence-corrected chi connectivity index (χ1v) is 14.3. The molecule has 198 valence electrons. The summed E-state index contributed by atoms with van der Waals surface area (Å²) in [5.74, 6) is -0.146. The number of carbonyl (C=O) groups excluding carboxylic acids is 1. The lowest BCUT2D eigenvalue weighted by Crippen LogP contribution is -2.13. The summed E-state index contributed by atoms with van der Waals surface area (Å²) in [6, 6.07) is 14.5. The van der Waals surface area contributed by atoms with E-state index in [4.69, 9.17) is 51.4 Å². The lowest BCUT2D eigenvalue weighted by molar-refractivity contribution is 0.101. The van der Waals surface area contributed by atoms with Gasteiger partial charge >= 0.3 is 0 Å². The summed E-state index contributed by atoms with van der Waals surface area (Å²) in [5, 5.41) is 7.93. The highest BCUT2D eigenvalue weighted by Gasteiger charge is 2.28. The van der Waals surface area contributed by atoms with E-state index >= 15 is 0 Å². The Morgan fingerprint density at radius 2 is 1.24 bits per heavy atom. The number of nitrogens with zero attached hydrogens (tertiary/aromatic N) is 2. The smallest absolute Gasteiger partial charge is 0.264 e. The van der Waals surface area contributed by atoms with Crippen LogP contribution in [0.5, 0.6) is 0 Å². The number of carbonyl (C=O) groups is 1. The Kier molecular flexibility index (Phi) is 5.02. The van der Waals surface area contributed by atoms with Gasteiger partial charge in [0.05, 0.1) is 16.4 Å². The third-order valence-electron chi connectivity index (χ3n) is 8.19. The largest absolute Gasteiger partial charge is 0.294 e. The summed E-state index contributed by atoms with van der Waals surface area (Å²) >= 11 is 28.3. The first-order chi connectivity index (χ1) is 19.6. The first-order valence-electron chi connectivity index (χ1n) is 12.8. The van der Waals surface area contributed by atoms with Gasteiger partial charge in [-0.25, -0.2) is 4.98 Å². The fraction of sp³-hybridized carbons (Fsp3) is 0.0606. The minimum atomic E-state index is -0.236. The number of benzene rings is 6. The van der Waals surface area contributed by atoms with Crippen LogP contribution in [0.1, 0.15) is 29.8 Å². The van der Waals surface area contributed by atoms with E-state index in [1.165, 1.54) is 6.92 Å². The van der Waals surface area contributed by atoms with Crippen LogP contribution in [0.2, 0.25) is 20.1 Å². The van der Waals surface area contributed by atoms with Crippen LogP contribution in [-0.4, -0.2) is 15.2 Å². The molecule has 6 aromatic carbocycles. The Bertz CT molecular complexity index is 2530. The Balaban J connectivity index is 1.79. The molecule has 8 rings (SSSR count). The number of hydrogen-bond acceptors (Lipinski definition) is 3. The molecule has 0 aliphatic heterocycles. The highest BCUT2D eigenvalue weighted by atomic mass is 35.5. The second kappa shape index (κ2) is 8.21. The molecule has 0 saturated heterocycles. The molecule has 8 heteroatoms. The van der Waals surface area contributed by atoms with Gasteiger partial charge in [-0.05, 0) is 55.8 Å². The molecule has 0 spiro atoms. The molecule has 8 aromatic rings. The molecule has 2 heterocycles. The zero-order chi connectivity index (χ0) is 28.6. The zero-order valence-corrected chi connectivity index (χ0v) is 24.6. The van der Waals surface area contributed by atoms with Crippen LogP contribution in [0, 0.1) is 0 Å². The van der Waals surface area contributed by atoms with Crippen LogP contribution in [0.3, 0.4) is 0 Å². The number of ketones is 1. The fourth-order valence-electron chi connectivity index (χ4n) is 6.61. The molecule has 4 nitrogen and oxygen atoms in total. The van der Waals surface area contributed by atoms with Crippen LogP contribution >= 0.6 is 46.4 Å². The number of allylic oxidation sites excluding steroid dienone is 1. The molecular formula is C33H16Cl4N2O2. The quantitative estimate of drug-likeness (QED) is 0.111. The summed E-state index contributed by atoms with van der Waals surface area (Å²) in [4.78, 5) is 31.8. The van der Waals surface area contributed by atoms with Crippen molar-refractivity contribution in [2.75, 3.05) is 0 Å². The summed E-state index contributed by atoms with van der Waals surface area (Å²) in [7, 11) is 0. The number of para-hydroxylation sites is 2. The van der Waals surface area contributed by atoms with Gasteiger partial charge in [0.25, 0.3) is 5.56 Å². The normalized spacial score (nSPS) is 12.4.